The summed E-state index contributed by atoms with van der Waals surface area (Å²) < 4.78 is 1.82. The van der Waals surface area contributed by atoms with Crippen molar-refractivity contribution in [2.75, 3.05) is 0 Å². The van der Waals surface area contributed by atoms with Crippen LogP contribution in [0.25, 0.3) is 11.0 Å². The predicted molar refractivity (Wildman–Crippen MR) is 62.4 cm³/mol. The molecular formula is C12H16N2O. The Balaban J connectivity index is 2.96. The van der Waals surface area contributed by atoms with Crippen molar-refractivity contribution in [1.29, 1.82) is 0 Å². The van der Waals surface area contributed by atoms with E-state index in [-0.39, 0.29) is 11.7 Å². The summed E-state index contributed by atoms with van der Waals surface area (Å²) in [6.45, 7) is 8.17. The number of benzene rings is 1. The summed E-state index contributed by atoms with van der Waals surface area (Å²) in [5.41, 5.74) is 4.34. The summed E-state index contributed by atoms with van der Waals surface area (Å²) in [6.07, 6.45) is 0. The maximum absolute atomic E-state index is 11.8. The van der Waals surface area contributed by atoms with E-state index >= 15 is 0 Å². The molecule has 2 rings (SSSR count). The summed E-state index contributed by atoms with van der Waals surface area (Å²) in [5, 5.41) is 0. The van der Waals surface area contributed by atoms with Gasteiger partial charge in [0.05, 0.1) is 11.0 Å². The first kappa shape index (κ1) is 10.0. The predicted octanol–water partition coefficient (Wildman–Crippen LogP) is 2.53. The quantitative estimate of drug-likeness (QED) is 0.761. The van der Waals surface area contributed by atoms with Crippen LogP contribution in [0.2, 0.25) is 0 Å². The van der Waals surface area contributed by atoms with E-state index in [1.165, 1.54) is 11.1 Å². The lowest BCUT2D eigenvalue weighted by molar-refractivity contribution is 0.597. The molecule has 1 aromatic carbocycles. The number of H-pyrrole nitrogens is 1. The van der Waals surface area contributed by atoms with Crippen LogP contribution in [0.15, 0.2) is 16.9 Å². The highest BCUT2D eigenvalue weighted by molar-refractivity contribution is 5.80. The molecule has 0 aliphatic rings. The van der Waals surface area contributed by atoms with Crippen LogP contribution in [0.3, 0.4) is 0 Å². The van der Waals surface area contributed by atoms with E-state index in [0.29, 0.717) is 0 Å². The van der Waals surface area contributed by atoms with E-state index in [0.717, 1.165) is 11.0 Å². The molecule has 0 unspecified atom stereocenters. The second-order valence-electron chi connectivity index (χ2n) is 4.30. The molecule has 0 saturated carbocycles. The highest BCUT2D eigenvalue weighted by Crippen LogP contribution is 2.21. The van der Waals surface area contributed by atoms with Crippen molar-refractivity contribution >= 4 is 11.0 Å². The molecule has 0 bridgehead atoms. The lowest BCUT2D eigenvalue weighted by Crippen LogP contribution is -2.18. The zero-order chi connectivity index (χ0) is 11.2. The minimum absolute atomic E-state index is 0.0197. The number of aromatic amines is 1. The van der Waals surface area contributed by atoms with Crippen molar-refractivity contribution in [3.05, 3.63) is 33.7 Å². The van der Waals surface area contributed by atoms with Gasteiger partial charge in [-0.05, 0) is 44.9 Å². The molecular weight excluding hydrogens is 188 g/mol. The normalized spacial score (nSPS) is 11.5. The molecule has 0 aliphatic heterocycles. The Kier molecular flexibility index (Phi) is 2.18. The van der Waals surface area contributed by atoms with Crippen molar-refractivity contribution in [2.24, 2.45) is 0 Å². The molecule has 3 nitrogen and oxygen atoms in total. The number of aryl methyl sites for hydroxylation is 2. The maximum atomic E-state index is 11.8. The standard InChI is InChI=1S/C12H16N2O/c1-7(2)14-11-9(4)8(3)5-6-10(11)13-12(14)15/h5-7H,1-4H3,(H,13,15). The van der Waals surface area contributed by atoms with E-state index < -0.39 is 0 Å². The average Bonchev–Trinajstić information content (AvgIpc) is 2.49. The lowest BCUT2D eigenvalue weighted by atomic mass is 10.1. The first-order valence-corrected chi connectivity index (χ1v) is 5.22. The second-order valence-corrected chi connectivity index (χ2v) is 4.30. The van der Waals surface area contributed by atoms with Gasteiger partial charge >= 0.3 is 5.69 Å². The van der Waals surface area contributed by atoms with E-state index in [1.54, 1.807) is 0 Å². The Morgan fingerprint density at radius 2 is 1.93 bits per heavy atom. The first-order chi connectivity index (χ1) is 7.02. The molecule has 0 fully saturated rings. The minimum Gasteiger partial charge on any atom is -0.306 e. The van der Waals surface area contributed by atoms with Crippen LogP contribution >= 0.6 is 0 Å². The molecule has 3 heteroatoms. The number of imidazole rings is 1. The number of nitrogens with zero attached hydrogens (tertiary/aromatic N) is 1. The molecule has 2 aromatic rings. The van der Waals surface area contributed by atoms with Crippen molar-refractivity contribution < 1.29 is 0 Å². The van der Waals surface area contributed by atoms with Crippen LogP contribution in [-0.2, 0) is 0 Å². The topological polar surface area (TPSA) is 37.8 Å². The Morgan fingerprint density at radius 1 is 1.27 bits per heavy atom. The zero-order valence-electron chi connectivity index (χ0n) is 9.59. The second kappa shape index (κ2) is 3.26. The third-order valence-corrected chi connectivity index (χ3v) is 2.92. The summed E-state index contributed by atoms with van der Waals surface area (Å²) >= 11 is 0. The Labute approximate surface area is 88.7 Å². The van der Waals surface area contributed by atoms with Gasteiger partial charge in [0.15, 0.2) is 0 Å². The molecule has 0 saturated heterocycles. The summed E-state index contributed by atoms with van der Waals surface area (Å²) in [6, 6.07) is 4.20. The fourth-order valence-electron chi connectivity index (χ4n) is 1.98. The molecule has 80 valence electrons. The third-order valence-electron chi connectivity index (χ3n) is 2.92. The van der Waals surface area contributed by atoms with Crippen LogP contribution in [-0.4, -0.2) is 9.55 Å². The van der Waals surface area contributed by atoms with Gasteiger partial charge in [-0.2, -0.15) is 0 Å². The number of nitrogens with one attached hydrogen (secondary N) is 1. The summed E-state index contributed by atoms with van der Waals surface area (Å²) in [4.78, 5) is 14.6. The highest BCUT2D eigenvalue weighted by Gasteiger charge is 2.12. The number of fused-ring (bicyclic) bond motifs is 1. The molecule has 1 heterocycles. The summed E-state index contributed by atoms with van der Waals surface area (Å²) in [7, 11) is 0. The monoisotopic (exact) mass is 204 g/mol. The van der Waals surface area contributed by atoms with E-state index in [1.807, 2.05) is 30.5 Å². The van der Waals surface area contributed by atoms with E-state index in [9.17, 15) is 4.79 Å². The summed E-state index contributed by atoms with van der Waals surface area (Å²) in [5.74, 6) is 0. The Morgan fingerprint density at radius 3 is 2.53 bits per heavy atom. The fraction of sp³-hybridized carbons (Fsp3) is 0.417. The molecule has 0 amide bonds. The lowest BCUT2D eigenvalue weighted by Gasteiger charge is -2.10. The van der Waals surface area contributed by atoms with Gasteiger partial charge in [-0.3, -0.25) is 4.57 Å². The maximum Gasteiger partial charge on any atom is 0.326 e. The largest absolute Gasteiger partial charge is 0.326 e. The zero-order valence-corrected chi connectivity index (χ0v) is 9.59. The van der Waals surface area contributed by atoms with Gasteiger partial charge in [0.25, 0.3) is 0 Å². The van der Waals surface area contributed by atoms with Gasteiger partial charge in [0.1, 0.15) is 0 Å². The number of hydrogen-bond acceptors (Lipinski definition) is 1. The van der Waals surface area contributed by atoms with Gasteiger partial charge in [-0.15, -0.1) is 0 Å². The van der Waals surface area contributed by atoms with Crippen LogP contribution < -0.4 is 5.69 Å². The Hall–Kier alpha value is -1.51. The van der Waals surface area contributed by atoms with Gasteiger partial charge in [-0.1, -0.05) is 6.07 Å². The molecule has 15 heavy (non-hydrogen) atoms. The molecule has 1 N–H and O–H groups in total. The van der Waals surface area contributed by atoms with Crippen LogP contribution in [0.5, 0.6) is 0 Å². The Bertz CT molecular complexity index is 561. The van der Waals surface area contributed by atoms with Gasteiger partial charge in [0, 0.05) is 6.04 Å². The third kappa shape index (κ3) is 1.39. The van der Waals surface area contributed by atoms with Crippen molar-refractivity contribution in [2.45, 2.75) is 33.7 Å². The van der Waals surface area contributed by atoms with Gasteiger partial charge in [-0.25, -0.2) is 4.79 Å². The number of rotatable bonds is 1. The van der Waals surface area contributed by atoms with E-state index in [2.05, 4.69) is 18.8 Å². The van der Waals surface area contributed by atoms with Gasteiger partial charge in [0.2, 0.25) is 0 Å². The molecule has 0 spiro atoms. The SMILES string of the molecule is Cc1ccc2[nH]c(=O)n(C(C)C)c2c1C. The van der Waals surface area contributed by atoms with Crippen LogP contribution in [0.4, 0.5) is 0 Å². The number of hydrogen-bond donors (Lipinski definition) is 1. The minimum atomic E-state index is -0.0197. The average molecular weight is 204 g/mol. The highest BCUT2D eigenvalue weighted by atomic mass is 16.1. The van der Waals surface area contributed by atoms with Crippen molar-refractivity contribution in [1.82, 2.24) is 9.55 Å². The first-order valence-electron chi connectivity index (χ1n) is 5.22. The van der Waals surface area contributed by atoms with Crippen molar-refractivity contribution in [3.8, 4) is 0 Å². The van der Waals surface area contributed by atoms with Crippen LogP contribution in [0, 0.1) is 13.8 Å². The smallest absolute Gasteiger partial charge is 0.306 e. The molecule has 0 aliphatic carbocycles. The molecule has 0 radical (unpaired) electrons. The number of aromatic nitrogens is 2. The van der Waals surface area contributed by atoms with Crippen molar-refractivity contribution in [3.63, 3.8) is 0 Å². The van der Waals surface area contributed by atoms with Gasteiger partial charge < -0.3 is 4.98 Å². The van der Waals surface area contributed by atoms with E-state index in [4.69, 9.17) is 0 Å². The fourth-order valence-corrected chi connectivity index (χ4v) is 1.98. The molecule has 1 aromatic heterocycles. The molecule has 0 atom stereocenters. The van der Waals surface area contributed by atoms with Crippen LogP contribution in [0.1, 0.15) is 31.0 Å².